The maximum Gasteiger partial charge on any atom is 0.123 e. The minimum absolute atomic E-state index is 0.177. The number of aromatic nitrogens is 1. The Morgan fingerprint density at radius 2 is 2.27 bits per heavy atom. The van der Waals surface area contributed by atoms with E-state index in [0.717, 1.165) is 30.2 Å². The number of aryl methyl sites for hydroxylation is 1. The van der Waals surface area contributed by atoms with E-state index >= 15 is 0 Å². The summed E-state index contributed by atoms with van der Waals surface area (Å²) in [4.78, 5) is 3.34. The second kappa shape index (κ2) is 3.07. The first-order valence-corrected chi connectivity index (χ1v) is 5.28. The molecule has 1 aromatic heterocycles. The number of fused-ring (bicyclic) bond motifs is 3. The van der Waals surface area contributed by atoms with Gasteiger partial charge in [0, 0.05) is 22.6 Å². The van der Waals surface area contributed by atoms with E-state index in [9.17, 15) is 4.39 Å². The van der Waals surface area contributed by atoms with Crippen LogP contribution in [0, 0.1) is 5.82 Å². The summed E-state index contributed by atoms with van der Waals surface area (Å²) in [5.74, 6) is -0.177. The molecule has 1 aliphatic rings. The Hall–Kier alpha value is -1.35. The van der Waals surface area contributed by atoms with Crippen LogP contribution in [-0.2, 0) is 12.8 Å². The van der Waals surface area contributed by atoms with Crippen molar-refractivity contribution in [2.75, 3.05) is 0 Å². The van der Waals surface area contributed by atoms with Crippen LogP contribution >= 0.6 is 0 Å². The number of hydrogen-bond donors (Lipinski definition) is 2. The Bertz CT molecular complexity index is 516. The van der Waals surface area contributed by atoms with Crippen LogP contribution in [0.25, 0.3) is 10.9 Å². The molecule has 0 saturated heterocycles. The third-order valence-corrected chi connectivity index (χ3v) is 3.19. The largest absolute Gasteiger partial charge is 0.358 e. The Kier molecular flexibility index (Phi) is 1.83. The lowest BCUT2D eigenvalue weighted by Gasteiger charge is -2.17. The fourth-order valence-corrected chi connectivity index (χ4v) is 2.42. The molecule has 3 heteroatoms. The summed E-state index contributed by atoms with van der Waals surface area (Å²) in [6, 6.07) is 5.11. The van der Waals surface area contributed by atoms with E-state index in [-0.39, 0.29) is 11.9 Å². The summed E-state index contributed by atoms with van der Waals surface area (Å²) >= 11 is 0. The SMILES string of the molecule is NC1CCc2[nH]c3ccc(F)cc3c2C1. The topological polar surface area (TPSA) is 41.8 Å². The number of rotatable bonds is 0. The lowest BCUT2D eigenvalue weighted by Crippen LogP contribution is -2.27. The second-order valence-electron chi connectivity index (χ2n) is 4.27. The Morgan fingerprint density at radius 1 is 1.40 bits per heavy atom. The Morgan fingerprint density at radius 3 is 3.13 bits per heavy atom. The number of hydrogen-bond acceptors (Lipinski definition) is 1. The zero-order chi connectivity index (χ0) is 10.4. The maximum atomic E-state index is 13.1. The molecule has 1 unspecified atom stereocenters. The van der Waals surface area contributed by atoms with Crippen LogP contribution in [0.3, 0.4) is 0 Å². The summed E-state index contributed by atoms with van der Waals surface area (Å²) < 4.78 is 13.1. The van der Waals surface area contributed by atoms with E-state index < -0.39 is 0 Å². The van der Waals surface area contributed by atoms with Crippen molar-refractivity contribution in [1.29, 1.82) is 0 Å². The minimum atomic E-state index is -0.177. The highest BCUT2D eigenvalue weighted by atomic mass is 19.1. The summed E-state index contributed by atoms with van der Waals surface area (Å²) in [6.07, 6.45) is 2.86. The number of benzene rings is 1. The molecule has 78 valence electrons. The summed E-state index contributed by atoms with van der Waals surface area (Å²) in [5, 5.41) is 1.00. The quantitative estimate of drug-likeness (QED) is 0.678. The Balaban J connectivity index is 2.25. The van der Waals surface area contributed by atoms with Crippen LogP contribution in [0.2, 0.25) is 0 Å². The average molecular weight is 204 g/mol. The molecule has 2 nitrogen and oxygen atoms in total. The van der Waals surface area contributed by atoms with Crippen LogP contribution in [0.5, 0.6) is 0 Å². The third kappa shape index (κ3) is 1.35. The molecule has 3 N–H and O–H groups in total. The van der Waals surface area contributed by atoms with Crippen molar-refractivity contribution in [1.82, 2.24) is 4.98 Å². The highest BCUT2D eigenvalue weighted by Gasteiger charge is 2.19. The molecule has 0 fully saturated rings. The van der Waals surface area contributed by atoms with Crippen LogP contribution < -0.4 is 5.73 Å². The predicted octanol–water partition coefficient (Wildman–Crippen LogP) is 2.12. The first-order chi connectivity index (χ1) is 7.24. The molecular formula is C12H13FN2. The van der Waals surface area contributed by atoms with Gasteiger partial charge in [-0.3, -0.25) is 0 Å². The number of halogens is 1. The number of aromatic amines is 1. The van der Waals surface area contributed by atoms with Gasteiger partial charge in [-0.1, -0.05) is 0 Å². The number of nitrogens with two attached hydrogens (primary N) is 1. The monoisotopic (exact) mass is 204 g/mol. The van der Waals surface area contributed by atoms with Crippen molar-refractivity contribution in [3.8, 4) is 0 Å². The van der Waals surface area contributed by atoms with Crippen LogP contribution in [-0.4, -0.2) is 11.0 Å². The highest BCUT2D eigenvalue weighted by Crippen LogP contribution is 2.28. The average Bonchev–Trinajstić information content (AvgIpc) is 2.56. The van der Waals surface area contributed by atoms with E-state index in [1.807, 2.05) is 0 Å². The van der Waals surface area contributed by atoms with Gasteiger partial charge >= 0.3 is 0 Å². The molecule has 1 aliphatic carbocycles. The van der Waals surface area contributed by atoms with Crippen molar-refractivity contribution in [3.63, 3.8) is 0 Å². The van der Waals surface area contributed by atoms with Gasteiger partial charge in [0.15, 0.2) is 0 Å². The van der Waals surface area contributed by atoms with Gasteiger partial charge in [-0.05, 0) is 43.0 Å². The first kappa shape index (κ1) is 8.92. The van der Waals surface area contributed by atoms with Gasteiger partial charge in [-0.2, -0.15) is 0 Å². The van der Waals surface area contributed by atoms with Gasteiger partial charge in [0.2, 0.25) is 0 Å². The molecule has 15 heavy (non-hydrogen) atoms. The molecule has 0 radical (unpaired) electrons. The van der Waals surface area contributed by atoms with Gasteiger partial charge in [-0.25, -0.2) is 4.39 Å². The fourth-order valence-electron chi connectivity index (χ4n) is 2.42. The summed E-state index contributed by atoms with van der Waals surface area (Å²) in [7, 11) is 0. The molecule has 0 aliphatic heterocycles. The molecule has 1 aromatic carbocycles. The van der Waals surface area contributed by atoms with Gasteiger partial charge in [0.1, 0.15) is 5.82 Å². The second-order valence-corrected chi connectivity index (χ2v) is 4.27. The zero-order valence-electron chi connectivity index (χ0n) is 8.39. The predicted molar refractivity (Wildman–Crippen MR) is 58.3 cm³/mol. The summed E-state index contributed by atoms with van der Waals surface area (Å²) in [5.41, 5.74) is 9.40. The number of nitrogens with one attached hydrogen (secondary N) is 1. The van der Waals surface area contributed by atoms with E-state index in [4.69, 9.17) is 5.73 Å². The van der Waals surface area contributed by atoms with Crippen LogP contribution in [0.1, 0.15) is 17.7 Å². The molecule has 0 amide bonds. The number of H-pyrrole nitrogens is 1. The molecule has 0 bridgehead atoms. The molecular weight excluding hydrogens is 191 g/mol. The van der Waals surface area contributed by atoms with Crippen molar-refractivity contribution in [3.05, 3.63) is 35.3 Å². The van der Waals surface area contributed by atoms with Gasteiger partial charge in [0.25, 0.3) is 0 Å². The lowest BCUT2D eigenvalue weighted by atomic mass is 9.92. The smallest absolute Gasteiger partial charge is 0.123 e. The minimum Gasteiger partial charge on any atom is -0.358 e. The van der Waals surface area contributed by atoms with Crippen molar-refractivity contribution in [2.45, 2.75) is 25.3 Å². The fraction of sp³-hybridized carbons (Fsp3) is 0.333. The molecule has 2 aromatic rings. The van der Waals surface area contributed by atoms with E-state index in [1.165, 1.54) is 17.3 Å². The van der Waals surface area contributed by atoms with Gasteiger partial charge in [0.05, 0.1) is 0 Å². The molecule has 3 rings (SSSR count). The standard InChI is InChI=1S/C12H13FN2/c13-7-1-3-11-9(5-7)10-6-8(14)2-4-12(10)15-11/h1,3,5,8,15H,2,4,6,14H2. The van der Waals surface area contributed by atoms with Crippen LogP contribution in [0.15, 0.2) is 18.2 Å². The van der Waals surface area contributed by atoms with Crippen molar-refractivity contribution in [2.24, 2.45) is 5.73 Å². The van der Waals surface area contributed by atoms with Crippen LogP contribution in [0.4, 0.5) is 4.39 Å². The normalized spacial score (nSPS) is 20.5. The van der Waals surface area contributed by atoms with Crippen molar-refractivity contribution < 1.29 is 4.39 Å². The third-order valence-electron chi connectivity index (χ3n) is 3.19. The van der Waals surface area contributed by atoms with Crippen molar-refractivity contribution >= 4 is 10.9 Å². The highest BCUT2D eigenvalue weighted by molar-refractivity contribution is 5.85. The van der Waals surface area contributed by atoms with Gasteiger partial charge in [-0.15, -0.1) is 0 Å². The van der Waals surface area contributed by atoms with E-state index in [0.29, 0.717) is 0 Å². The molecule has 1 heterocycles. The molecule has 0 spiro atoms. The lowest BCUT2D eigenvalue weighted by molar-refractivity contribution is 0.574. The maximum absolute atomic E-state index is 13.1. The van der Waals surface area contributed by atoms with E-state index in [1.54, 1.807) is 12.1 Å². The molecule has 0 saturated carbocycles. The molecule has 1 atom stereocenters. The first-order valence-electron chi connectivity index (χ1n) is 5.28. The van der Waals surface area contributed by atoms with E-state index in [2.05, 4.69) is 4.98 Å². The zero-order valence-corrected chi connectivity index (χ0v) is 8.39. The van der Waals surface area contributed by atoms with Gasteiger partial charge < -0.3 is 10.7 Å². The summed E-state index contributed by atoms with van der Waals surface area (Å²) in [6.45, 7) is 0. The Labute approximate surface area is 87.3 Å².